The lowest BCUT2D eigenvalue weighted by Gasteiger charge is -2.17. The zero-order valence-electron chi connectivity index (χ0n) is 14.3. The van der Waals surface area contributed by atoms with E-state index >= 15 is 0 Å². The molecule has 0 amide bonds. The zero-order chi connectivity index (χ0) is 18.1. The molecule has 0 spiro atoms. The maximum absolute atomic E-state index is 13.9. The first-order valence-corrected chi connectivity index (χ1v) is 10.2. The van der Waals surface area contributed by atoms with Crippen molar-refractivity contribution in [3.8, 4) is 0 Å². The van der Waals surface area contributed by atoms with Crippen LogP contribution in [0, 0.1) is 11.7 Å². The lowest BCUT2D eigenvalue weighted by molar-refractivity contribution is 0.108. The molecule has 1 aliphatic heterocycles. The van der Waals surface area contributed by atoms with Crippen LogP contribution in [-0.2, 0) is 21.4 Å². The fourth-order valence-corrected chi connectivity index (χ4v) is 4.67. The van der Waals surface area contributed by atoms with Crippen LogP contribution < -0.4 is 0 Å². The molecular formula is C17H21FN4O3S. The Bertz CT molecular complexity index is 882. The number of hydrogen-bond donors (Lipinski definition) is 0. The highest BCUT2D eigenvalue weighted by molar-refractivity contribution is 7.89. The van der Waals surface area contributed by atoms with E-state index in [1.165, 1.54) is 35.3 Å². The largest absolute Gasteiger partial charge is 0.375 e. The van der Waals surface area contributed by atoms with Crippen LogP contribution in [0.15, 0.2) is 35.4 Å². The molecule has 2 fully saturated rings. The number of benzene rings is 1. The highest BCUT2D eigenvalue weighted by Gasteiger charge is 2.35. The molecule has 0 bridgehead atoms. The van der Waals surface area contributed by atoms with E-state index in [9.17, 15) is 12.8 Å². The Morgan fingerprint density at radius 2 is 2.04 bits per heavy atom. The van der Waals surface area contributed by atoms with Crippen LogP contribution in [0.1, 0.15) is 31.0 Å². The molecule has 1 atom stereocenters. The molecule has 1 aliphatic carbocycles. The number of nitrogens with zero attached hydrogens (tertiary/aromatic N) is 4. The van der Waals surface area contributed by atoms with Gasteiger partial charge in [0.1, 0.15) is 16.4 Å². The van der Waals surface area contributed by atoms with Crippen molar-refractivity contribution in [1.82, 2.24) is 19.3 Å². The van der Waals surface area contributed by atoms with Crippen molar-refractivity contribution in [1.29, 1.82) is 0 Å². The van der Waals surface area contributed by atoms with E-state index in [1.54, 1.807) is 10.9 Å². The topological polar surface area (TPSA) is 77.3 Å². The lowest BCUT2D eigenvalue weighted by Crippen LogP contribution is -2.30. The van der Waals surface area contributed by atoms with Gasteiger partial charge < -0.3 is 4.74 Å². The minimum Gasteiger partial charge on any atom is -0.375 e. The molecule has 9 heteroatoms. The molecule has 7 nitrogen and oxygen atoms in total. The first kappa shape index (κ1) is 17.6. The summed E-state index contributed by atoms with van der Waals surface area (Å²) >= 11 is 0. The Balaban J connectivity index is 1.40. The number of halogens is 1. The molecule has 2 aromatic rings. The Morgan fingerprint density at radius 1 is 1.23 bits per heavy atom. The van der Waals surface area contributed by atoms with Crippen molar-refractivity contribution in [3.63, 3.8) is 0 Å². The van der Waals surface area contributed by atoms with Gasteiger partial charge in [0.15, 0.2) is 0 Å². The maximum Gasteiger partial charge on any atom is 0.246 e. The third kappa shape index (κ3) is 3.65. The summed E-state index contributed by atoms with van der Waals surface area (Å²) in [5.74, 6) is -0.0381. The second-order valence-electron chi connectivity index (χ2n) is 6.88. The minimum atomic E-state index is -3.85. The Hall–Kier alpha value is -1.84. The molecule has 1 unspecified atom stereocenters. The number of sulfonamides is 1. The van der Waals surface area contributed by atoms with Gasteiger partial charge in [-0.15, -0.1) is 5.10 Å². The van der Waals surface area contributed by atoms with E-state index in [1.807, 2.05) is 0 Å². The molecule has 0 radical (unpaired) electrons. The Kier molecular flexibility index (Phi) is 4.76. The van der Waals surface area contributed by atoms with E-state index in [4.69, 9.17) is 4.74 Å². The normalized spacial score (nSPS) is 21.3. The lowest BCUT2D eigenvalue weighted by atomic mass is 10.3. The monoisotopic (exact) mass is 380 g/mol. The van der Waals surface area contributed by atoms with E-state index < -0.39 is 15.8 Å². The molecule has 2 aliphatic rings. The second kappa shape index (κ2) is 7.05. The molecule has 1 saturated heterocycles. The van der Waals surface area contributed by atoms with E-state index in [0.717, 1.165) is 18.4 Å². The van der Waals surface area contributed by atoms with Gasteiger partial charge >= 0.3 is 0 Å². The maximum atomic E-state index is 13.9. The van der Waals surface area contributed by atoms with Gasteiger partial charge in [0, 0.05) is 19.7 Å². The summed E-state index contributed by atoms with van der Waals surface area (Å²) in [6, 6.07) is 5.34. The van der Waals surface area contributed by atoms with Gasteiger partial charge in [0.2, 0.25) is 10.0 Å². The summed E-state index contributed by atoms with van der Waals surface area (Å²) in [6.45, 7) is 1.75. The summed E-state index contributed by atoms with van der Waals surface area (Å²) < 4.78 is 47.8. The van der Waals surface area contributed by atoms with Gasteiger partial charge in [0.25, 0.3) is 0 Å². The summed E-state index contributed by atoms with van der Waals surface area (Å²) in [6.07, 6.45) is 4.89. The second-order valence-corrected chi connectivity index (χ2v) is 8.79. The van der Waals surface area contributed by atoms with E-state index in [2.05, 4.69) is 10.3 Å². The van der Waals surface area contributed by atoms with Gasteiger partial charge in [-0.2, -0.15) is 4.31 Å². The van der Waals surface area contributed by atoms with Crippen molar-refractivity contribution in [2.45, 2.75) is 36.8 Å². The molecule has 1 saturated carbocycles. The third-order valence-corrected chi connectivity index (χ3v) is 6.71. The van der Waals surface area contributed by atoms with Crippen LogP contribution in [0.25, 0.3) is 0 Å². The van der Waals surface area contributed by atoms with Crippen molar-refractivity contribution in [2.24, 2.45) is 5.92 Å². The van der Waals surface area contributed by atoms with Gasteiger partial charge in [0.05, 0.1) is 18.8 Å². The Labute approximate surface area is 151 Å². The van der Waals surface area contributed by atoms with Crippen molar-refractivity contribution in [2.75, 3.05) is 19.7 Å². The SMILES string of the molecule is O=S(=O)(c1ccccc1F)N1CCC(n2cc(COCC3CC3)nn2)C1. The first-order chi connectivity index (χ1) is 12.5. The molecule has 4 rings (SSSR count). The highest BCUT2D eigenvalue weighted by Crippen LogP contribution is 2.29. The van der Waals surface area contributed by atoms with Crippen LogP contribution in [0.3, 0.4) is 0 Å². The molecule has 1 aromatic heterocycles. The van der Waals surface area contributed by atoms with Crippen molar-refractivity contribution in [3.05, 3.63) is 42.0 Å². The third-order valence-electron chi connectivity index (χ3n) is 4.81. The summed E-state index contributed by atoms with van der Waals surface area (Å²) in [4.78, 5) is -0.284. The quantitative estimate of drug-likeness (QED) is 0.734. The Morgan fingerprint density at radius 3 is 2.81 bits per heavy atom. The summed E-state index contributed by atoms with van der Waals surface area (Å²) in [5, 5.41) is 8.21. The van der Waals surface area contributed by atoms with Gasteiger partial charge in [-0.1, -0.05) is 17.3 Å². The van der Waals surface area contributed by atoms with E-state index in [-0.39, 0.29) is 17.5 Å². The predicted octanol–water partition coefficient (Wildman–Crippen LogP) is 1.98. The van der Waals surface area contributed by atoms with Crippen LogP contribution >= 0.6 is 0 Å². The van der Waals surface area contributed by atoms with Crippen LogP contribution in [0.4, 0.5) is 4.39 Å². The smallest absolute Gasteiger partial charge is 0.246 e. The molecule has 1 aromatic carbocycles. The predicted molar refractivity (Wildman–Crippen MR) is 91.2 cm³/mol. The standard InChI is InChI=1S/C17H21FN4O3S/c18-16-3-1-2-4-17(16)26(23,24)21-8-7-15(10-21)22-9-14(19-20-22)12-25-11-13-5-6-13/h1-4,9,13,15H,5-8,10-12H2. The van der Waals surface area contributed by atoms with Gasteiger partial charge in [-0.05, 0) is 37.3 Å². The minimum absolute atomic E-state index is 0.110. The molecular weight excluding hydrogens is 359 g/mol. The molecule has 2 heterocycles. The summed E-state index contributed by atoms with van der Waals surface area (Å²) in [5.41, 5.74) is 0.737. The number of hydrogen-bond acceptors (Lipinski definition) is 5. The molecule has 26 heavy (non-hydrogen) atoms. The molecule has 140 valence electrons. The fourth-order valence-electron chi connectivity index (χ4n) is 3.11. The van der Waals surface area contributed by atoms with Crippen LogP contribution in [0.5, 0.6) is 0 Å². The van der Waals surface area contributed by atoms with Gasteiger partial charge in [-0.3, -0.25) is 0 Å². The van der Waals surface area contributed by atoms with Crippen molar-refractivity contribution < 1.29 is 17.5 Å². The van der Waals surface area contributed by atoms with Crippen LogP contribution in [-0.4, -0.2) is 47.4 Å². The average molecular weight is 380 g/mol. The molecule has 0 N–H and O–H groups in total. The van der Waals surface area contributed by atoms with Crippen molar-refractivity contribution >= 4 is 10.0 Å². The summed E-state index contributed by atoms with van der Waals surface area (Å²) in [7, 11) is -3.85. The number of ether oxygens (including phenoxy) is 1. The first-order valence-electron chi connectivity index (χ1n) is 8.77. The number of rotatable bonds is 7. The fraction of sp³-hybridized carbons (Fsp3) is 0.529. The average Bonchev–Trinajstić information content (AvgIpc) is 3.10. The highest BCUT2D eigenvalue weighted by atomic mass is 32.2. The van der Waals surface area contributed by atoms with Gasteiger partial charge in [-0.25, -0.2) is 17.5 Å². The van der Waals surface area contributed by atoms with E-state index in [0.29, 0.717) is 25.5 Å². The zero-order valence-corrected chi connectivity index (χ0v) is 15.1. The van der Waals surface area contributed by atoms with Crippen LogP contribution in [0.2, 0.25) is 0 Å². The number of aromatic nitrogens is 3.